The molecule has 0 atom stereocenters. The Hall–Kier alpha value is -4.50. The molecule has 0 unspecified atom stereocenters. The highest BCUT2D eigenvalue weighted by atomic mass is 16.6. The Balaban J connectivity index is 1.48. The van der Waals surface area contributed by atoms with Gasteiger partial charge in [0.05, 0.1) is 21.5 Å². The van der Waals surface area contributed by atoms with E-state index in [9.17, 15) is 14.9 Å². The number of anilines is 2. The summed E-state index contributed by atoms with van der Waals surface area (Å²) in [5, 5.41) is 18.2. The monoisotopic (exact) mass is 508 g/mol. The fourth-order valence-electron chi connectivity index (χ4n) is 5.38. The van der Waals surface area contributed by atoms with Crippen LogP contribution in [0.25, 0.3) is 22.2 Å². The molecule has 0 spiro atoms. The van der Waals surface area contributed by atoms with Crippen LogP contribution >= 0.6 is 0 Å². The van der Waals surface area contributed by atoms with Crippen LogP contribution in [0.1, 0.15) is 36.7 Å². The second kappa shape index (κ2) is 9.75. The lowest BCUT2D eigenvalue weighted by Gasteiger charge is -2.32. The van der Waals surface area contributed by atoms with E-state index in [1.807, 2.05) is 42.5 Å². The highest BCUT2D eigenvalue weighted by Gasteiger charge is 2.31. The summed E-state index contributed by atoms with van der Waals surface area (Å²) < 4.78 is 0. The average Bonchev–Trinajstić information content (AvgIpc) is 3.50. The van der Waals surface area contributed by atoms with Gasteiger partial charge in [0.15, 0.2) is 0 Å². The predicted octanol–water partition coefficient (Wildman–Crippen LogP) is 5.28. The van der Waals surface area contributed by atoms with Crippen molar-refractivity contribution in [1.29, 1.82) is 0 Å². The topological polar surface area (TPSA) is 116 Å². The molecule has 1 saturated heterocycles. The third-order valence-corrected chi connectivity index (χ3v) is 7.39. The van der Waals surface area contributed by atoms with E-state index in [4.69, 9.17) is 4.98 Å². The molecule has 192 valence electrons. The number of fused-ring (bicyclic) bond motifs is 2. The van der Waals surface area contributed by atoms with Crippen molar-refractivity contribution >= 4 is 45.1 Å². The molecule has 38 heavy (non-hydrogen) atoms. The number of non-ortho nitro benzene ring substituents is 1. The number of hydrogen-bond acceptors (Lipinski definition) is 6. The van der Waals surface area contributed by atoms with Crippen molar-refractivity contribution in [3.05, 3.63) is 93.8 Å². The zero-order valence-electron chi connectivity index (χ0n) is 21.0. The van der Waals surface area contributed by atoms with Gasteiger partial charge < -0.3 is 20.5 Å². The standard InChI is InChI=1S/C29H28N6O3/c1-2-34-14-12-19(13-15-34)30-20-10-11-23-22(17-20)27(29(36)33-23)26(18-6-5-7-21(16-18)35(37)38)28-31-24-8-3-4-9-25(24)32-28/h3-11,16-17,19,30H,2,12-15H2,1H3,(H,31,32)(H,33,36)/b27-26-. The number of amides is 1. The number of benzene rings is 3. The second-order valence-electron chi connectivity index (χ2n) is 9.73. The summed E-state index contributed by atoms with van der Waals surface area (Å²) in [5.41, 5.74) is 5.40. The molecule has 3 heterocycles. The van der Waals surface area contributed by atoms with Gasteiger partial charge in [-0.3, -0.25) is 14.9 Å². The van der Waals surface area contributed by atoms with Crippen LogP contribution in [-0.4, -0.2) is 51.4 Å². The Labute approximate surface area is 219 Å². The number of hydrogen-bond donors (Lipinski definition) is 3. The smallest absolute Gasteiger partial charge is 0.270 e. The number of aromatic amines is 1. The Kier molecular flexibility index (Phi) is 6.13. The first-order valence-electron chi connectivity index (χ1n) is 12.9. The van der Waals surface area contributed by atoms with Crippen molar-refractivity contribution in [1.82, 2.24) is 14.9 Å². The number of aromatic nitrogens is 2. The summed E-state index contributed by atoms with van der Waals surface area (Å²) in [7, 11) is 0. The number of para-hydroxylation sites is 2. The number of carbonyl (C=O) groups is 1. The van der Waals surface area contributed by atoms with Crippen molar-refractivity contribution in [2.75, 3.05) is 30.3 Å². The molecule has 1 amide bonds. The minimum absolute atomic E-state index is 0.0517. The number of nitro groups is 1. The maximum absolute atomic E-state index is 13.5. The first kappa shape index (κ1) is 23.9. The number of rotatable bonds is 6. The van der Waals surface area contributed by atoms with Gasteiger partial charge in [-0.15, -0.1) is 0 Å². The SMILES string of the molecule is CCN1CCC(Nc2ccc3c(c2)/C(=C(\c2cccc([N+](=O)[O-])c2)c2nc4ccccc4[nH]2)C(=O)N3)CC1. The molecule has 0 aliphatic carbocycles. The van der Waals surface area contributed by atoms with E-state index in [0.717, 1.165) is 54.8 Å². The summed E-state index contributed by atoms with van der Waals surface area (Å²) in [6, 6.07) is 20.2. The number of nitro benzene ring substituents is 1. The maximum Gasteiger partial charge on any atom is 0.270 e. The lowest BCUT2D eigenvalue weighted by molar-refractivity contribution is -0.384. The van der Waals surface area contributed by atoms with Gasteiger partial charge in [-0.2, -0.15) is 0 Å². The quantitative estimate of drug-likeness (QED) is 0.185. The van der Waals surface area contributed by atoms with Crippen LogP contribution in [0.5, 0.6) is 0 Å². The number of H-pyrrole nitrogens is 1. The number of piperidine rings is 1. The molecular formula is C29H28N6O3. The van der Waals surface area contributed by atoms with E-state index in [0.29, 0.717) is 34.3 Å². The highest BCUT2D eigenvalue weighted by molar-refractivity contribution is 6.38. The molecule has 9 heteroatoms. The summed E-state index contributed by atoms with van der Waals surface area (Å²) in [6.45, 7) is 5.38. The molecule has 9 nitrogen and oxygen atoms in total. The molecular weight excluding hydrogens is 480 g/mol. The molecule has 0 radical (unpaired) electrons. The first-order valence-corrected chi connectivity index (χ1v) is 12.9. The molecule has 1 fully saturated rings. The van der Waals surface area contributed by atoms with Crippen LogP contribution < -0.4 is 10.6 Å². The van der Waals surface area contributed by atoms with E-state index < -0.39 is 4.92 Å². The number of nitrogens with one attached hydrogen (secondary N) is 3. The van der Waals surface area contributed by atoms with Crippen LogP contribution in [0.4, 0.5) is 17.1 Å². The number of carbonyl (C=O) groups excluding carboxylic acids is 1. The van der Waals surface area contributed by atoms with Crippen molar-refractivity contribution in [3.63, 3.8) is 0 Å². The minimum atomic E-state index is -0.432. The molecule has 0 saturated carbocycles. The molecule has 2 aliphatic rings. The largest absolute Gasteiger partial charge is 0.382 e. The Bertz CT molecular complexity index is 1550. The molecule has 3 N–H and O–H groups in total. The Morgan fingerprint density at radius 3 is 2.68 bits per heavy atom. The third kappa shape index (κ3) is 4.41. The number of nitrogens with zero attached hydrogens (tertiary/aromatic N) is 3. The fourth-order valence-corrected chi connectivity index (χ4v) is 5.38. The van der Waals surface area contributed by atoms with Crippen molar-refractivity contribution in [3.8, 4) is 0 Å². The molecule has 2 aliphatic heterocycles. The minimum Gasteiger partial charge on any atom is -0.382 e. The average molecular weight is 509 g/mol. The lowest BCUT2D eigenvalue weighted by Crippen LogP contribution is -2.38. The molecule has 3 aromatic carbocycles. The zero-order chi connectivity index (χ0) is 26.2. The van der Waals surface area contributed by atoms with E-state index in [1.54, 1.807) is 12.1 Å². The molecule has 0 bridgehead atoms. The van der Waals surface area contributed by atoms with E-state index in [1.165, 1.54) is 12.1 Å². The number of likely N-dealkylation sites (tertiary alicyclic amines) is 1. The van der Waals surface area contributed by atoms with Crippen LogP contribution in [0.15, 0.2) is 66.7 Å². The molecule has 6 rings (SSSR count). The van der Waals surface area contributed by atoms with Gasteiger partial charge in [0.25, 0.3) is 11.6 Å². The Morgan fingerprint density at radius 1 is 1.11 bits per heavy atom. The normalized spacial score (nSPS) is 17.3. The van der Waals surface area contributed by atoms with E-state index >= 15 is 0 Å². The van der Waals surface area contributed by atoms with Crippen molar-refractivity contribution in [2.24, 2.45) is 0 Å². The van der Waals surface area contributed by atoms with Crippen LogP contribution in [0.2, 0.25) is 0 Å². The van der Waals surface area contributed by atoms with Gasteiger partial charge in [0, 0.05) is 53.8 Å². The maximum atomic E-state index is 13.5. The van der Waals surface area contributed by atoms with Gasteiger partial charge in [0.2, 0.25) is 0 Å². The predicted molar refractivity (Wildman–Crippen MR) is 149 cm³/mol. The van der Waals surface area contributed by atoms with Crippen molar-refractivity contribution in [2.45, 2.75) is 25.8 Å². The molecule has 1 aromatic heterocycles. The second-order valence-corrected chi connectivity index (χ2v) is 9.73. The van der Waals surface area contributed by atoms with Gasteiger partial charge in [-0.05, 0) is 55.3 Å². The van der Waals surface area contributed by atoms with Crippen LogP contribution in [0, 0.1) is 10.1 Å². The Morgan fingerprint density at radius 2 is 1.92 bits per heavy atom. The highest BCUT2D eigenvalue weighted by Crippen LogP contribution is 2.41. The molecule has 4 aromatic rings. The van der Waals surface area contributed by atoms with Gasteiger partial charge in [-0.1, -0.05) is 31.2 Å². The first-order chi connectivity index (χ1) is 18.5. The fraction of sp³-hybridized carbons (Fsp3) is 0.241. The summed E-state index contributed by atoms with van der Waals surface area (Å²) in [4.78, 5) is 35.1. The number of imidazole rings is 1. The third-order valence-electron chi connectivity index (χ3n) is 7.39. The summed E-state index contributed by atoms with van der Waals surface area (Å²) >= 11 is 0. The van der Waals surface area contributed by atoms with Gasteiger partial charge in [0.1, 0.15) is 5.82 Å². The van der Waals surface area contributed by atoms with Crippen LogP contribution in [-0.2, 0) is 4.79 Å². The van der Waals surface area contributed by atoms with E-state index in [2.05, 4.69) is 27.4 Å². The summed E-state index contributed by atoms with van der Waals surface area (Å²) in [5.74, 6) is 0.213. The summed E-state index contributed by atoms with van der Waals surface area (Å²) in [6.07, 6.45) is 2.12. The van der Waals surface area contributed by atoms with Crippen molar-refractivity contribution < 1.29 is 9.72 Å². The lowest BCUT2D eigenvalue weighted by atomic mass is 9.94. The van der Waals surface area contributed by atoms with E-state index in [-0.39, 0.29) is 11.6 Å². The van der Waals surface area contributed by atoms with Gasteiger partial charge in [-0.25, -0.2) is 4.98 Å². The van der Waals surface area contributed by atoms with Crippen LogP contribution in [0.3, 0.4) is 0 Å². The zero-order valence-corrected chi connectivity index (χ0v) is 21.0. The van der Waals surface area contributed by atoms with Gasteiger partial charge >= 0.3 is 0 Å².